The average molecular weight is 519 g/mol. The minimum Gasteiger partial charge on any atom is -0.497 e. The van der Waals surface area contributed by atoms with Crippen LogP contribution in [0, 0.1) is 13.8 Å². The molecule has 0 heterocycles. The molecule has 0 radical (unpaired) electrons. The molecule has 198 valence electrons. The summed E-state index contributed by atoms with van der Waals surface area (Å²) < 4.78 is 34.0. The van der Waals surface area contributed by atoms with E-state index < -0.39 is 28.7 Å². The van der Waals surface area contributed by atoms with Crippen molar-refractivity contribution in [3.63, 3.8) is 0 Å². The molecule has 2 rings (SSSR count). The minimum atomic E-state index is -4.00. The van der Waals surface area contributed by atoms with Crippen molar-refractivity contribution in [3.05, 3.63) is 59.2 Å². The summed E-state index contributed by atoms with van der Waals surface area (Å²) in [6, 6.07) is 11.8. The summed E-state index contributed by atoms with van der Waals surface area (Å²) in [7, 11) is 0.417. The monoisotopic (exact) mass is 518 g/mol. The number of anilines is 1. The number of carbonyl (C=O) groups is 2. The number of carbonyl (C=O) groups excluding carboxylic acids is 2. The highest BCUT2D eigenvalue weighted by Crippen LogP contribution is 2.26. The van der Waals surface area contributed by atoms with E-state index in [-0.39, 0.29) is 12.5 Å². The van der Waals surface area contributed by atoms with Crippen molar-refractivity contribution in [2.24, 2.45) is 0 Å². The fourth-order valence-electron chi connectivity index (χ4n) is 3.60. The number of aryl methyl sites for hydroxylation is 2. The molecule has 0 aliphatic heterocycles. The highest BCUT2D eigenvalue weighted by Gasteiger charge is 2.33. The fourth-order valence-corrected chi connectivity index (χ4v) is 4.71. The highest BCUT2D eigenvalue weighted by molar-refractivity contribution is 7.90. The van der Waals surface area contributed by atoms with Crippen molar-refractivity contribution in [1.29, 1.82) is 0 Å². The topological polar surface area (TPSA) is 99.3 Å². The quantitative estimate of drug-likeness (QED) is 0.466. The fraction of sp³-hybridized carbons (Fsp3) is 0.462. The van der Waals surface area contributed by atoms with Crippen molar-refractivity contribution >= 4 is 27.7 Å². The molecular formula is C26H38N4O5S. The first-order valence-corrected chi connectivity index (χ1v) is 13.3. The van der Waals surface area contributed by atoms with E-state index >= 15 is 0 Å². The molecule has 9 nitrogen and oxygen atoms in total. The van der Waals surface area contributed by atoms with Gasteiger partial charge >= 0.3 is 10.2 Å². The largest absolute Gasteiger partial charge is 0.497 e. The SMILES string of the molecule is CCCNC(=O)[C@@H](C)N(Cc1ccc(OC)cc1)C(=O)CN(c1cc(C)ccc1C)S(=O)(=O)N(C)C. The van der Waals surface area contributed by atoms with E-state index in [4.69, 9.17) is 4.74 Å². The van der Waals surface area contributed by atoms with Gasteiger partial charge in [-0.25, -0.2) is 4.31 Å². The number of hydrogen-bond acceptors (Lipinski definition) is 5. The van der Waals surface area contributed by atoms with E-state index in [1.54, 1.807) is 39.2 Å². The zero-order valence-corrected chi connectivity index (χ0v) is 23.1. The second-order valence-corrected chi connectivity index (χ2v) is 11.0. The molecule has 0 saturated heterocycles. The lowest BCUT2D eigenvalue weighted by Gasteiger charge is -2.33. The number of benzene rings is 2. The van der Waals surface area contributed by atoms with Crippen LogP contribution < -0.4 is 14.4 Å². The molecule has 2 amide bonds. The molecule has 0 fully saturated rings. The van der Waals surface area contributed by atoms with Crippen molar-refractivity contribution in [1.82, 2.24) is 14.5 Å². The van der Waals surface area contributed by atoms with Crippen LogP contribution in [0.4, 0.5) is 5.69 Å². The first kappa shape index (κ1) is 29.1. The summed E-state index contributed by atoms with van der Waals surface area (Å²) in [6.07, 6.45) is 0.756. The van der Waals surface area contributed by atoms with Gasteiger partial charge in [-0.1, -0.05) is 31.2 Å². The van der Waals surface area contributed by atoms with Gasteiger partial charge in [0.25, 0.3) is 0 Å². The summed E-state index contributed by atoms with van der Waals surface area (Å²) in [6.45, 7) is 7.42. The number of nitrogens with one attached hydrogen (secondary N) is 1. The van der Waals surface area contributed by atoms with Gasteiger partial charge in [0.2, 0.25) is 11.8 Å². The molecule has 0 spiro atoms. The summed E-state index contributed by atoms with van der Waals surface area (Å²) in [5.41, 5.74) is 2.79. The maximum Gasteiger partial charge on any atom is 0.304 e. The molecule has 1 atom stereocenters. The van der Waals surface area contributed by atoms with Crippen LogP contribution in [0.15, 0.2) is 42.5 Å². The Morgan fingerprint density at radius 3 is 2.25 bits per heavy atom. The normalized spacial score (nSPS) is 12.2. The number of hydrogen-bond donors (Lipinski definition) is 1. The van der Waals surface area contributed by atoms with E-state index in [0.29, 0.717) is 23.5 Å². The van der Waals surface area contributed by atoms with Gasteiger partial charge in [-0.2, -0.15) is 12.7 Å². The summed E-state index contributed by atoms with van der Waals surface area (Å²) >= 11 is 0. The van der Waals surface area contributed by atoms with Crippen LogP contribution in [0.2, 0.25) is 0 Å². The van der Waals surface area contributed by atoms with E-state index in [2.05, 4.69) is 5.32 Å². The van der Waals surface area contributed by atoms with Crippen LogP contribution in [0.25, 0.3) is 0 Å². The van der Waals surface area contributed by atoms with E-state index in [1.807, 2.05) is 38.1 Å². The molecule has 0 saturated carbocycles. The molecule has 1 N–H and O–H groups in total. The van der Waals surface area contributed by atoms with Gasteiger partial charge in [0, 0.05) is 27.2 Å². The molecule has 0 bridgehead atoms. The number of rotatable bonds is 12. The molecule has 36 heavy (non-hydrogen) atoms. The summed E-state index contributed by atoms with van der Waals surface area (Å²) in [5, 5.41) is 2.83. The van der Waals surface area contributed by atoms with Crippen LogP contribution in [0.1, 0.15) is 37.0 Å². The Morgan fingerprint density at radius 1 is 1.06 bits per heavy atom. The Kier molecular flexibility index (Phi) is 10.3. The van der Waals surface area contributed by atoms with Gasteiger partial charge in [-0.3, -0.25) is 9.59 Å². The Balaban J connectivity index is 2.48. The maximum atomic E-state index is 13.7. The lowest BCUT2D eigenvalue weighted by atomic mass is 10.1. The Labute approximate surface area is 215 Å². The highest BCUT2D eigenvalue weighted by atomic mass is 32.2. The van der Waals surface area contributed by atoms with Crippen molar-refractivity contribution in [3.8, 4) is 5.75 Å². The third-order valence-electron chi connectivity index (χ3n) is 5.88. The summed E-state index contributed by atoms with van der Waals surface area (Å²) in [5.74, 6) is -0.118. The number of ether oxygens (including phenoxy) is 1. The van der Waals surface area contributed by atoms with Crippen LogP contribution in [-0.2, 0) is 26.3 Å². The Bertz CT molecular complexity index is 1150. The van der Waals surface area contributed by atoms with E-state index in [0.717, 1.165) is 26.2 Å². The zero-order valence-electron chi connectivity index (χ0n) is 22.2. The van der Waals surface area contributed by atoms with Crippen LogP contribution in [0.5, 0.6) is 5.75 Å². The lowest BCUT2D eigenvalue weighted by Crippen LogP contribution is -2.52. The third-order valence-corrected chi connectivity index (χ3v) is 7.69. The average Bonchev–Trinajstić information content (AvgIpc) is 2.85. The van der Waals surface area contributed by atoms with Gasteiger partial charge in [-0.15, -0.1) is 0 Å². The number of methoxy groups -OCH3 is 1. The number of nitrogens with zero attached hydrogens (tertiary/aromatic N) is 3. The van der Waals surface area contributed by atoms with E-state index in [1.165, 1.54) is 19.0 Å². The third kappa shape index (κ3) is 7.20. The van der Waals surface area contributed by atoms with E-state index in [9.17, 15) is 18.0 Å². The zero-order chi connectivity index (χ0) is 27.0. The predicted octanol–water partition coefficient (Wildman–Crippen LogP) is 2.87. The first-order valence-electron chi connectivity index (χ1n) is 11.9. The van der Waals surface area contributed by atoms with Crippen molar-refractivity contribution in [2.75, 3.05) is 38.6 Å². The van der Waals surface area contributed by atoms with Gasteiger partial charge in [0.05, 0.1) is 12.8 Å². The molecule has 0 aliphatic rings. The molecule has 2 aromatic carbocycles. The van der Waals surface area contributed by atoms with Crippen molar-refractivity contribution in [2.45, 2.75) is 46.7 Å². The second kappa shape index (κ2) is 12.7. The summed E-state index contributed by atoms with van der Waals surface area (Å²) in [4.78, 5) is 28.0. The van der Waals surface area contributed by atoms with Crippen LogP contribution >= 0.6 is 0 Å². The maximum absolute atomic E-state index is 13.7. The predicted molar refractivity (Wildman–Crippen MR) is 142 cm³/mol. The van der Waals surface area contributed by atoms with Gasteiger partial charge in [0.15, 0.2) is 0 Å². The molecular weight excluding hydrogens is 480 g/mol. The molecule has 0 aromatic heterocycles. The van der Waals surface area contributed by atoms with Crippen LogP contribution in [0.3, 0.4) is 0 Å². The van der Waals surface area contributed by atoms with Gasteiger partial charge in [-0.05, 0) is 62.1 Å². The molecule has 10 heteroatoms. The molecule has 0 unspecified atom stereocenters. The minimum absolute atomic E-state index is 0.131. The second-order valence-electron chi connectivity index (χ2n) is 8.92. The Morgan fingerprint density at radius 2 is 1.69 bits per heavy atom. The molecule has 2 aromatic rings. The smallest absolute Gasteiger partial charge is 0.304 e. The van der Waals surface area contributed by atoms with Crippen molar-refractivity contribution < 1.29 is 22.7 Å². The lowest BCUT2D eigenvalue weighted by molar-refractivity contribution is -0.139. The standard InChI is InChI=1S/C26H38N4O5S/c1-8-15-27-26(32)21(4)29(17-22-11-13-23(35-7)14-12-22)25(31)18-30(36(33,34)28(5)6)24-16-19(2)9-10-20(24)3/h9-14,16,21H,8,15,17-18H2,1-7H3,(H,27,32)/t21-/m1/s1. The first-order chi connectivity index (χ1) is 16.9. The Hall–Kier alpha value is -3.11. The molecule has 0 aliphatic carbocycles. The number of amides is 2. The van der Waals surface area contributed by atoms with Crippen LogP contribution in [-0.4, -0.2) is 69.8 Å². The van der Waals surface area contributed by atoms with Gasteiger partial charge in [0.1, 0.15) is 18.3 Å². The van der Waals surface area contributed by atoms with Gasteiger partial charge < -0.3 is 15.0 Å².